The van der Waals surface area contributed by atoms with E-state index in [-0.39, 0.29) is 5.96 Å². The summed E-state index contributed by atoms with van der Waals surface area (Å²) in [5.74, 6) is 1.04. The van der Waals surface area contributed by atoms with Crippen molar-refractivity contribution in [2.24, 2.45) is 16.5 Å². The Kier molecular flexibility index (Phi) is 8.26. The highest BCUT2D eigenvalue weighted by molar-refractivity contribution is 5.75. The SMILES string of the molecule is CCOc1ccccc1CCN=C(N)N.O=[N+]([O-])O. The Morgan fingerprint density at radius 1 is 1.47 bits per heavy atom. The van der Waals surface area contributed by atoms with E-state index in [1.54, 1.807) is 0 Å². The highest BCUT2D eigenvalue weighted by Gasteiger charge is 2.00. The summed E-state index contributed by atoms with van der Waals surface area (Å²) in [5.41, 5.74) is 11.6. The smallest absolute Gasteiger partial charge is 0.291 e. The number of hydrogen-bond acceptors (Lipinski definition) is 4. The molecular formula is C11H18N4O4. The summed E-state index contributed by atoms with van der Waals surface area (Å²) in [4.78, 5) is 12.3. The van der Waals surface area contributed by atoms with Gasteiger partial charge in [-0.3, -0.25) is 4.99 Å². The molecule has 0 saturated heterocycles. The third-order valence-electron chi connectivity index (χ3n) is 1.95. The number of para-hydroxylation sites is 1. The summed E-state index contributed by atoms with van der Waals surface area (Å²) in [6, 6.07) is 7.91. The van der Waals surface area contributed by atoms with Crippen LogP contribution in [-0.2, 0) is 6.42 Å². The fourth-order valence-electron chi connectivity index (χ4n) is 1.31. The second-order valence-electron chi connectivity index (χ2n) is 3.34. The molecule has 0 saturated carbocycles. The van der Waals surface area contributed by atoms with E-state index in [4.69, 9.17) is 31.5 Å². The molecule has 0 aromatic heterocycles. The van der Waals surface area contributed by atoms with Gasteiger partial charge in [0.05, 0.1) is 6.61 Å². The van der Waals surface area contributed by atoms with Crippen LogP contribution in [0, 0.1) is 10.1 Å². The van der Waals surface area contributed by atoms with Crippen LogP contribution < -0.4 is 16.2 Å². The molecule has 0 spiro atoms. The van der Waals surface area contributed by atoms with E-state index in [1.807, 2.05) is 31.2 Å². The zero-order valence-corrected chi connectivity index (χ0v) is 10.7. The average molecular weight is 270 g/mol. The normalized spacial score (nSPS) is 8.89. The van der Waals surface area contributed by atoms with Gasteiger partial charge in [-0.2, -0.15) is 0 Å². The molecule has 8 heteroatoms. The standard InChI is InChI=1S/C11H17N3O.HNO3/c1-2-15-10-6-4-3-5-9(10)7-8-14-11(12)13;2-1(3)4/h3-6H,2,7-8H2,1H3,(H4,12,13,14);(H,2,3,4). The molecule has 1 rings (SSSR count). The van der Waals surface area contributed by atoms with Gasteiger partial charge in [-0.05, 0) is 25.0 Å². The third kappa shape index (κ3) is 9.22. The Morgan fingerprint density at radius 3 is 2.58 bits per heavy atom. The van der Waals surface area contributed by atoms with E-state index in [2.05, 4.69) is 4.99 Å². The first-order chi connectivity index (χ1) is 8.97. The lowest BCUT2D eigenvalue weighted by Gasteiger charge is -2.08. The second kappa shape index (κ2) is 9.51. The van der Waals surface area contributed by atoms with Crippen molar-refractivity contribution < 1.29 is 15.0 Å². The first-order valence-electron chi connectivity index (χ1n) is 5.56. The molecule has 0 aliphatic heterocycles. The molecule has 0 fully saturated rings. The van der Waals surface area contributed by atoms with Gasteiger partial charge in [-0.1, -0.05) is 18.2 Å². The van der Waals surface area contributed by atoms with Crippen molar-refractivity contribution in [2.75, 3.05) is 13.2 Å². The van der Waals surface area contributed by atoms with Gasteiger partial charge in [-0.25, -0.2) is 0 Å². The monoisotopic (exact) mass is 270 g/mol. The maximum absolute atomic E-state index is 8.36. The molecule has 106 valence electrons. The van der Waals surface area contributed by atoms with Crippen LogP contribution >= 0.6 is 0 Å². The molecule has 0 atom stereocenters. The van der Waals surface area contributed by atoms with E-state index in [0.717, 1.165) is 17.7 Å². The zero-order valence-electron chi connectivity index (χ0n) is 10.7. The van der Waals surface area contributed by atoms with Crippen molar-refractivity contribution in [2.45, 2.75) is 13.3 Å². The summed E-state index contributed by atoms with van der Waals surface area (Å²) in [7, 11) is 0. The molecule has 1 aromatic carbocycles. The fourth-order valence-corrected chi connectivity index (χ4v) is 1.31. The van der Waals surface area contributed by atoms with Crippen LogP contribution in [0.15, 0.2) is 29.3 Å². The van der Waals surface area contributed by atoms with Crippen molar-refractivity contribution in [1.82, 2.24) is 0 Å². The van der Waals surface area contributed by atoms with Gasteiger partial charge in [-0.15, -0.1) is 10.1 Å². The number of hydrogen-bond donors (Lipinski definition) is 3. The molecule has 0 heterocycles. The van der Waals surface area contributed by atoms with Crippen molar-refractivity contribution in [1.29, 1.82) is 0 Å². The number of benzene rings is 1. The van der Waals surface area contributed by atoms with Crippen LogP contribution in [0.5, 0.6) is 5.75 Å². The molecule has 1 aromatic rings. The van der Waals surface area contributed by atoms with Crippen molar-refractivity contribution >= 4 is 5.96 Å². The number of guanidine groups is 1. The Morgan fingerprint density at radius 2 is 2.05 bits per heavy atom. The zero-order chi connectivity index (χ0) is 14.7. The van der Waals surface area contributed by atoms with E-state index in [9.17, 15) is 0 Å². The van der Waals surface area contributed by atoms with Crippen LogP contribution in [0.1, 0.15) is 12.5 Å². The molecule has 0 radical (unpaired) electrons. The Labute approximate surface area is 110 Å². The molecule has 0 aliphatic carbocycles. The van der Waals surface area contributed by atoms with Gasteiger partial charge >= 0.3 is 0 Å². The van der Waals surface area contributed by atoms with Crippen LogP contribution in [0.25, 0.3) is 0 Å². The maximum atomic E-state index is 8.36. The molecule has 0 amide bonds. The number of nitrogens with two attached hydrogens (primary N) is 2. The van der Waals surface area contributed by atoms with Gasteiger partial charge in [0.2, 0.25) is 0 Å². The number of rotatable bonds is 5. The predicted octanol–water partition coefficient (Wildman–Crippen LogP) is 0.554. The van der Waals surface area contributed by atoms with Crippen molar-refractivity contribution in [3.05, 3.63) is 39.9 Å². The Hall–Kier alpha value is -2.51. The number of aliphatic imine (C=N–C) groups is 1. The maximum Gasteiger partial charge on any atom is 0.291 e. The first-order valence-corrected chi connectivity index (χ1v) is 5.56. The van der Waals surface area contributed by atoms with Crippen LogP contribution in [0.2, 0.25) is 0 Å². The number of nitrogens with zero attached hydrogens (tertiary/aromatic N) is 2. The van der Waals surface area contributed by atoms with E-state index >= 15 is 0 Å². The first kappa shape index (κ1) is 16.5. The van der Waals surface area contributed by atoms with Crippen LogP contribution in [0.4, 0.5) is 0 Å². The van der Waals surface area contributed by atoms with Crippen molar-refractivity contribution in [3.8, 4) is 5.75 Å². The molecule has 5 N–H and O–H groups in total. The lowest BCUT2D eigenvalue weighted by atomic mass is 10.1. The third-order valence-corrected chi connectivity index (χ3v) is 1.95. The summed E-state index contributed by atoms with van der Waals surface area (Å²) >= 11 is 0. The highest BCUT2D eigenvalue weighted by atomic mass is 16.9. The van der Waals surface area contributed by atoms with E-state index < -0.39 is 5.09 Å². The van der Waals surface area contributed by atoms with Gasteiger partial charge in [0, 0.05) is 6.54 Å². The van der Waals surface area contributed by atoms with Gasteiger partial charge < -0.3 is 21.4 Å². The summed E-state index contributed by atoms with van der Waals surface area (Å²) in [6.07, 6.45) is 0.786. The minimum atomic E-state index is -1.50. The lowest BCUT2D eigenvalue weighted by molar-refractivity contribution is -0.742. The molecule has 0 aliphatic rings. The van der Waals surface area contributed by atoms with Crippen LogP contribution in [-0.4, -0.2) is 29.4 Å². The fraction of sp³-hybridized carbons (Fsp3) is 0.364. The highest BCUT2D eigenvalue weighted by Crippen LogP contribution is 2.18. The molecule has 8 nitrogen and oxygen atoms in total. The predicted molar refractivity (Wildman–Crippen MR) is 70.8 cm³/mol. The van der Waals surface area contributed by atoms with Crippen molar-refractivity contribution in [3.63, 3.8) is 0 Å². The van der Waals surface area contributed by atoms with Crippen LogP contribution in [0.3, 0.4) is 0 Å². The molecule has 0 unspecified atom stereocenters. The minimum absolute atomic E-state index is 0.129. The Balaban J connectivity index is 0.000000711. The second-order valence-corrected chi connectivity index (χ2v) is 3.34. The van der Waals surface area contributed by atoms with Gasteiger partial charge in [0.25, 0.3) is 5.09 Å². The quantitative estimate of drug-likeness (QED) is 0.309. The lowest BCUT2D eigenvalue weighted by Crippen LogP contribution is -2.23. The Bertz CT molecular complexity index is 415. The molecule has 0 bridgehead atoms. The number of ether oxygens (including phenoxy) is 1. The summed E-state index contributed by atoms with van der Waals surface area (Å²) in [5, 5.41) is 13.6. The topological polar surface area (TPSA) is 137 Å². The minimum Gasteiger partial charge on any atom is -0.494 e. The van der Waals surface area contributed by atoms with Gasteiger partial charge in [0.15, 0.2) is 5.96 Å². The molecule has 19 heavy (non-hydrogen) atoms. The van der Waals surface area contributed by atoms with E-state index in [0.29, 0.717) is 13.2 Å². The summed E-state index contributed by atoms with van der Waals surface area (Å²) < 4.78 is 5.48. The molecular weight excluding hydrogens is 252 g/mol. The average Bonchev–Trinajstić information content (AvgIpc) is 2.30. The largest absolute Gasteiger partial charge is 0.494 e. The van der Waals surface area contributed by atoms with E-state index in [1.165, 1.54) is 0 Å². The summed E-state index contributed by atoms with van der Waals surface area (Å²) in [6.45, 7) is 3.22. The van der Waals surface area contributed by atoms with Gasteiger partial charge in [0.1, 0.15) is 5.75 Å².